The maximum atomic E-state index is 11.8. The SMILES string of the molecule is CCCCCNC(=O)COC(=O)c1ccc(N(C)C)cc1. The van der Waals surface area contributed by atoms with Gasteiger partial charge in [-0.1, -0.05) is 19.8 Å². The monoisotopic (exact) mass is 292 g/mol. The molecule has 0 aliphatic heterocycles. The van der Waals surface area contributed by atoms with Gasteiger partial charge >= 0.3 is 5.97 Å². The molecule has 5 heteroatoms. The summed E-state index contributed by atoms with van der Waals surface area (Å²) in [4.78, 5) is 25.2. The summed E-state index contributed by atoms with van der Waals surface area (Å²) in [7, 11) is 3.85. The number of nitrogens with zero attached hydrogens (tertiary/aromatic N) is 1. The number of benzene rings is 1. The molecule has 21 heavy (non-hydrogen) atoms. The van der Waals surface area contributed by atoms with E-state index in [0.717, 1.165) is 24.9 Å². The van der Waals surface area contributed by atoms with Gasteiger partial charge in [-0.25, -0.2) is 4.79 Å². The summed E-state index contributed by atoms with van der Waals surface area (Å²) in [6.07, 6.45) is 3.13. The van der Waals surface area contributed by atoms with Crippen LogP contribution in [0.5, 0.6) is 0 Å². The molecule has 0 aliphatic rings. The molecule has 0 radical (unpaired) electrons. The predicted molar refractivity (Wildman–Crippen MR) is 83.6 cm³/mol. The molecular weight excluding hydrogens is 268 g/mol. The Morgan fingerprint density at radius 1 is 1.14 bits per heavy atom. The van der Waals surface area contributed by atoms with E-state index in [0.29, 0.717) is 12.1 Å². The maximum absolute atomic E-state index is 11.8. The summed E-state index contributed by atoms with van der Waals surface area (Å²) in [5.74, 6) is -0.742. The van der Waals surface area contributed by atoms with E-state index in [4.69, 9.17) is 4.74 Å². The first-order chi connectivity index (χ1) is 10.0. The molecule has 0 heterocycles. The lowest BCUT2D eigenvalue weighted by atomic mass is 10.2. The van der Waals surface area contributed by atoms with Crippen LogP contribution < -0.4 is 10.2 Å². The third-order valence-corrected chi connectivity index (χ3v) is 3.06. The molecule has 0 spiro atoms. The second-order valence-electron chi connectivity index (χ2n) is 5.07. The van der Waals surface area contributed by atoms with Crippen LogP contribution in [0.15, 0.2) is 24.3 Å². The molecule has 0 atom stereocenters. The Labute approximate surface area is 126 Å². The van der Waals surface area contributed by atoms with Crippen molar-refractivity contribution in [3.63, 3.8) is 0 Å². The van der Waals surface area contributed by atoms with Crippen LogP contribution in [0.3, 0.4) is 0 Å². The second-order valence-corrected chi connectivity index (χ2v) is 5.07. The van der Waals surface area contributed by atoms with Crippen LogP contribution in [0.25, 0.3) is 0 Å². The maximum Gasteiger partial charge on any atom is 0.338 e. The van der Waals surface area contributed by atoms with Gasteiger partial charge in [0.2, 0.25) is 0 Å². The van der Waals surface area contributed by atoms with Gasteiger partial charge in [-0.05, 0) is 30.7 Å². The van der Waals surface area contributed by atoms with Crippen molar-refractivity contribution in [3.05, 3.63) is 29.8 Å². The standard InChI is InChI=1S/C16H24N2O3/c1-4-5-6-11-17-15(19)12-21-16(20)13-7-9-14(10-8-13)18(2)3/h7-10H,4-6,11-12H2,1-3H3,(H,17,19). The molecule has 0 bridgehead atoms. The normalized spacial score (nSPS) is 10.0. The summed E-state index contributed by atoms with van der Waals surface area (Å²) in [6.45, 7) is 2.49. The Morgan fingerprint density at radius 2 is 1.81 bits per heavy atom. The van der Waals surface area contributed by atoms with E-state index in [1.165, 1.54) is 0 Å². The minimum Gasteiger partial charge on any atom is -0.452 e. The number of ether oxygens (including phenoxy) is 1. The fraction of sp³-hybridized carbons (Fsp3) is 0.500. The molecule has 0 saturated heterocycles. The lowest BCUT2D eigenvalue weighted by Crippen LogP contribution is -2.29. The zero-order valence-corrected chi connectivity index (χ0v) is 13.0. The van der Waals surface area contributed by atoms with E-state index in [2.05, 4.69) is 12.2 Å². The van der Waals surface area contributed by atoms with Crippen LogP contribution in [0.1, 0.15) is 36.5 Å². The zero-order chi connectivity index (χ0) is 15.7. The van der Waals surface area contributed by atoms with Crippen LogP contribution in [0.2, 0.25) is 0 Å². The third kappa shape index (κ3) is 6.29. The van der Waals surface area contributed by atoms with Crippen molar-refractivity contribution in [3.8, 4) is 0 Å². The number of anilines is 1. The Balaban J connectivity index is 2.34. The highest BCUT2D eigenvalue weighted by Gasteiger charge is 2.10. The van der Waals surface area contributed by atoms with Gasteiger partial charge in [-0.3, -0.25) is 4.79 Å². The quantitative estimate of drug-likeness (QED) is 0.589. The molecule has 0 saturated carbocycles. The first-order valence-corrected chi connectivity index (χ1v) is 7.25. The van der Waals surface area contributed by atoms with Gasteiger partial charge in [-0.2, -0.15) is 0 Å². The Bertz CT molecular complexity index is 455. The van der Waals surface area contributed by atoms with Gasteiger partial charge < -0.3 is 15.0 Å². The molecule has 1 N–H and O–H groups in total. The fourth-order valence-electron chi connectivity index (χ4n) is 1.76. The molecule has 116 valence electrons. The van der Waals surface area contributed by atoms with E-state index in [-0.39, 0.29) is 12.5 Å². The number of esters is 1. The van der Waals surface area contributed by atoms with Gasteiger partial charge in [0, 0.05) is 26.3 Å². The number of carbonyl (C=O) groups is 2. The van der Waals surface area contributed by atoms with E-state index >= 15 is 0 Å². The molecule has 0 fully saturated rings. The Hall–Kier alpha value is -2.04. The highest BCUT2D eigenvalue weighted by molar-refractivity contribution is 5.91. The van der Waals surface area contributed by atoms with Crippen molar-refractivity contribution in [2.24, 2.45) is 0 Å². The summed E-state index contributed by atoms with van der Waals surface area (Å²) in [5.41, 5.74) is 1.44. The van der Waals surface area contributed by atoms with Crippen LogP contribution in [-0.4, -0.2) is 39.1 Å². The third-order valence-electron chi connectivity index (χ3n) is 3.06. The molecule has 1 amide bonds. The van der Waals surface area contributed by atoms with Crippen molar-refractivity contribution in [1.82, 2.24) is 5.32 Å². The Morgan fingerprint density at radius 3 is 2.38 bits per heavy atom. The minimum atomic E-state index is -0.482. The van der Waals surface area contributed by atoms with E-state index < -0.39 is 5.97 Å². The predicted octanol–water partition coefficient (Wildman–Crippen LogP) is 2.22. The van der Waals surface area contributed by atoms with Crippen LogP contribution in [-0.2, 0) is 9.53 Å². The van der Waals surface area contributed by atoms with E-state index in [1.807, 2.05) is 31.1 Å². The molecular formula is C16H24N2O3. The van der Waals surface area contributed by atoms with Crippen molar-refractivity contribution in [2.75, 3.05) is 32.1 Å². The summed E-state index contributed by atoms with van der Waals surface area (Å²) in [6, 6.07) is 7.05. The van der Waals surface area contributed by atoms with Crippen LogP contribution >= 0.6 is 0 Å². The average Bonchev–Trinajstić information content (AvgIpc) is 2.49. The number of rotatable bonds is 8. The molecule has 5 nitrogen and oxygen atoms in total. The van der Waals surface area contributed by atoms with Crippen molar-refractivity contribution in [1.29, 1.82) is 0 Å². The number of hydrogen-bond donors (Lipinski definition) is 1. The smallest absolute Gasteiger partial charge is 0.338 e. The van der Waals surface area contributed by atoms with Gasteiger partial charge in [0.15, 0.2) is 6.61 Å². The largest absolute Gasteiger partial charge is 0.452 e. The van der Waals surface area contributed by atoms with E-state index in [9.17, 15) is 9.59 Å². The molecule has 0 aliphatic carbocycles. The van der Waals surface area contributed by atoms with Crippen LogP contribution in [0.4, 0.5) is 5.69 Å². The molecule has 0 aromatic heterocycles. The fourth-order valence-corrected chi connectivity index (χ4v) is 1.76. The zero-order valence-electron chi connectivity index (χ0n) is 13.0. The number of amides is 1. The molecule has 1 rings (SSSR count). The Kier molecular flexibility index (Phi) is 7.29. The first-order valence-electron chi connectivity index (χ1n) is 7.25. The van der Waals surface area contributed by atoms with Gasteiger partial charge in [0.1, 0.15) is 0 Å². The summed E-state index contributed by atoms with van der Waals surface area (Å²) < 4.78 is 4.98. The summed E-state index contributed by atoms with van der Waals surface area (Å²) in [5, 5.41) is 2.73. The number of nitrogens with one attached hydrogen (secondary N) is 1. The number of carbonyl (C=O) groups excluding carboxylic acids is 2. The van der Waals surface area contributed by atoms with Crippen molar-refractivity contribution in [2.45, 2.75) is 26.2 Å². The highest BCUT2D eigenvalue weighted by atomic mass is 16.5. The van der Waals surface area contributed by atoms with Crippen LogP contribution in [0, 0.1) is 0 Å². The minimum absolute atomic E-state index is 0.236. The van der Waals surface area contributed by atoms with Crippen molar-refractivity contribution >= 4 is 17.6 Å². The first kappa shape index (κ1) is 17.0. The number of hydrogen-bond acceptors (Lipinski definition) is 4. The molecule has 0 unspecified atom stereocenters. The van der Waals surface area contributed by atoms with Gasteiger partial charge in [0.25, 0.3) is 5.91 Å². The van der Waals surface area contributed by atoms with Gasteiger partial charge in [-0.15, -0.1) is 0 Å². The average molecular weight is 292 g/mol. The molecule has 1 aromatic rings. The number of unbranched alkanes of at least 4 members (excludes halogenated alkanes) is 2. The van der Waals surface area contributed by atoms with Gasteiger partial charge in [0.05, 0.1) is 5.56 Å². The summed E-state index contributed by atoms with van der Waals surface area (Å²) >= 11 is 0. The lowest BCUT2D eigenvalue weighted by Gasteiger charge is -2.12. The highest BCUT2D eigenvalue weighted by Crippen LogP contribution is 2.12. The van der Waals surface area contributed by atoms with Crippen molar-refractivity contribution < 1.29 is 14.3 Å². The van der Waals surface area contributed by atoms with E-state index in [1.54, 1.807) is 12.1 Å². The topological polar surface area (TPSA) is 58.6 Å². The lowest BCUT2D eigenvalue weighted by molar-refractivity contribution is -0.124. The second kappa shape index (κ2) is 9.00. The molecule has 1 aromatic carbocycles.